The Hall–Kier alpha value is -3.73. The van der Waals surface area contributed by atoms with Gasteiger partial charge in [0.15, 0.2) is 0 Å². The number of nitrogens with one attached hydrogen (secondary N) is 2. The summed E-state index contributed by atoms with van der Waals surface area (Å²) in [6.45, 7) is 0. The SMILES string of the molecule is O=C(/C=C/c1ccc(C(=O)NC2CC2)cc1)NC(c1ccccc1)c1ccc(F)cc1. The minimum absolute atomic E-state index is 0.0687. The lowest BCUT2D eigenvalue weighted by atomic mass is 9.98. The van der Waals surface area contributed by atoms with Crippen LogP contribution < -0.4 is 10.6 Å². The summed E-state index contributed by atoms with van der Waals surface area (Å²) in [5.41, 5.74) is 3.12. The van der Waals surface area contributed by atoms with Crippen LogP contribution in [0.15, 0.2) is 84.9 Å². The van der Waals surface area contributed by atoms with Gasteiger partial charge in [-0.15, -0.1) is 0 Å². The molecule has 31 heavy (non-hydrogen) atoms. The second kappa shape index (κ2) is 9.39. The van der Waals surface area contributed by atoms with E-state index in [1.54, 1.807) is 42.5 Å². The van der Waals surface area contributed by atoms with Crippen molar-refractivity contribution in [2.75, 3.05) is 0 Å². The van der Waals surface area contributed by atoms with Crippen LogP contribution >= 0.6 is 0 Å². The molecule has 1 aliphatic carbocycles. The quantitative estimate of drug-likeness (QED) is 0.554. The van der Waals surface area contributed by atoms with Gasteiger partial charge >= 0.3 is 0 Å². The second-order valence-electron chi connectivity index (χ2n) is 7.61. The van der Waals surface area contributed by atoms with Crippen molar-refractivity contribution in [1.82, 2.24) is 10.6 Å². The number of rotatable bonds is 7. The summed E-state index contributed by atoms with van der Waals surface area (Å²) in [6.07, 6.45) is 5.25. The molecule has 2 amide bonds. The Balaban J connectivity index is 1.44. The third kappa shape index (κ3) is 5.66. The van der Waals surface area contributed by atoms with Crippen molar-refractivity contribution in [2.45, 2.75) is 24.9 Å². The fraction of sp³-hybridized carbons (Fsp3) is 0.154. The Morgan fingerprint density at radius 1 is 0.871 bits per heavy atom. The predicted octanol–water partition coefficient (Wildman–Crippen LogP) is 4.64. The van der Waals surface area contributed by atoms with Crippen LogP contribution in [0, 0.1) is 5.82 Å². The van der Waals surface area contributed by atoms with E-state index in [1.165, 1.54) is 18.2 Å². The average molecular weight is 414 g/mol. The number of hydrogen-bond acceptors (Lipinski definition) is 2. The summed E-state index contributed by atoms with van der Waals surface area (Å²) in [6, 6.07) is 22.7. The van der Waals surface area contributed by atoms with Gasteiger partial charge < -0.3 is 10.6 Å². The van der Waals surface area contributed by atoms with Gasteiger partial charge in [-0.1, -0.05) is 54.6 Å². The molecule has 1 atom stereocenters. The predicted molar refractivity (Wildman–Crippen MR) is 119 cm³/mol. The van der Waals surface area contributed by atoms with Crippen molar-refractivity contribution < 1.29 is 14.0 Å². The molecule has 156 valence electrons. The van der Waals surface area contributed by atoms with E-state index in [-0.39, 0.29) is 17.6 Å². The maximum absolute atomic E-state index is 13.3. The zero-order valence-corrected chi connectivity index (χ0v) is 16.9. The third-order valence-corrected chi connectivity index (χ3v) is 5.14. The number of halogens is 1. The maximum Gasteiger partial charge on any atom is 0.251 e. The van der Waals surface area contributed by atoms with Crippen LogP contribution in [0.3, 0.4) is 0 Å². The summed E-state index contributed by atoms with van der Waals surface area (Å²) < 4.78 is 13.3. The molecule has 0 spiro atoms. The molecular formula is C26H23FN2O2. The van der Waals surface area contributed by atoms with Crippen LogP contribution in [-0.4, -0.2) is 17.9 Å². The standard InChI is InChI=1S/C26H23FN2O2/c27-22-13-11-20(12-14-22)25(19-4-2-1-3-5-19)29-24(30)17-8-18-6-9-21(10-7-18)26(31)28-23-15-16-23/h1-14,17,23,25H,15-16H2,(H,28,31)(H,29,30)/b17-8+. The topological polar surface area (TPSA) is 58.2 Å². The Morgan fingerprint density at radius 2 is 1.52 bits per heavy atom. The van der Waals surface area contributed by atoms with Gasteiger partial charge in [-0.3, -0.25) is 9.59 Å². The van der Waals surface area contributed by atoms with E-state index in [0.717, 1.165) is 29.5 Å². The molecule has 4 rings (SSSR count). The molecule has 0 saturated heterocycles. The monoisotopic (exact) mass is 414 g/mol. The van der Waals surface area contributed by atoms with Crippen molar-refractivity contribution in [3.05, 3.63) is 113 Å². The smallest absolute Gasteiger partial charge is 0.251 e. The van der Waals surface area contributed by atoms with Crippen LogP contribution in [-0.2, 0) is 4.79 Å². The van der Waals surface area contributed by atoms with E-state index in [2.05, 4.69) is 10.6 Å². The molecule has 1 unspecified atom stereocenters. The molecule has 0 radical (unpaired) electrons. The fourth-order valence-corrected chi connectivity index (χ4v) is 3.26. The lowest BCUT2D eigenvalue weighted by Crippen LogP contribution is -2.27. The molecule has 0 aromatic heterocycles. The lowest BCUT2D eigenvalue weighted by molar-refractivity contribution is -0.116. The summed E-state index contributed by atoms with van der Waals surface area (Å²) in [7, 11) is 0. The number of carbonyl (C=O) groups is 2. The normalized spacial score (nSPS) is 14.2. The molecule has 3 aromatic carbocycles. The van der Waals surface area contributed by atoms with Gasteiger partial charge in [0.05, 0.1) is 6.04 Å². The Kier molecular flexibility index (Phi) is 6.22. The number of benzene rings is 3. The molecule has 3 aromatic rings. The van der Waals surface area contributed by atoms with E-state index >= 15 is 0 Å². The Bertz CT molecular complexity index is 1070. The summed E-state index contributed by atoms with van der Waals surface area (Å²) in [5, 5.41) is 5.94. The van der Waals surface area contributed by atoms with Crippen LogP contribution in [0.5, 0.6) is 0 Å². The molecule has 1 aliphatic rings. The third-order valence-electron chi connectivity index (χ3n) is 5.14. The highest BCUT2D eigenvalue weighted by Crippen LogP contribution is 2.22. The van der Waals surface area contributed by atoms with Gasteiger partial charge in [-0.25, -0.2) is 4.39 Å². The van der Waals surface area contributed by atoms with E-state index < -0.39 is 6.04 Å². The highest BCUT2D eigenvalue weighted by Gasteiger charge is 2.23. The molecular weight excluding hydrogens is 391 g/mol. The Labute approximate surface area is 180 Å². The maximum atomic E-state index is 13.3. The van der Waals surface area contributed by atoms with Gasteiger partial charge in [-0.2, -0.15) is 0 Å². The molecule has 1 fully saturated rings. The van der Waals surface area contributed by atoms with Gasteiger partial charge in [0.1, 0.15) is 5.82 Å². The molecule has 5 heteroatoms. The molecule has 0 aliphatic heterocycles. The minimum Gasteiger partial charge on any atom is -0.349 e. The number of carbonyl (C=O) groups excluding carboxylic acids is 2. The zero-order chi connectivity index (χ0) is 21.6. The van der Waals surface area contributed by atoms with Crippen LogP contribution in [0.4, 0.5) is 4.39 Å². The average Bonchev–Trinajstić information content (AvgIpc) is 3.62. The summed E-state index contributed by atoms with van der Waals surface area (Å²) in [4.78, 5) is 24.7. The van der Waals surface area contributed by atoms with Crippen LogP contribution in [0.25, 0.3) is 6.08 Å². The van der Waals surface area contributed by atoms with E-state index in [0.29, 0.717) is 11.6 Å². The van der Waals surface area contributed by atoms with Crippen molar-refractivity contribution in [3.63, 3.8) is 0 Å². The molecule has 4 nitrogen and oxygen atoms in total. The first-order chi connectivity index (χ1) is 15.1. The van der Waals surface area contributed by atoms with Gasteiger partial charge in [0.25, 0.3) is 5.91 Å². The lowest BCUT2D eigenvalue weighted by Gasteiger charge is -2.19. The first-order valence-electron chi connectivity index (χ1n) is 10.3. The van der Waals surface area contributed by atoms with Gasteiger partial charge in [-0.05, 0) is 59.9 Å². The van der Waals surface area contributed by atoms with Gasteiger partial charge in [0, 0.05) is 17.7 Å². The molecule has 1 saturated carbocycles. The first-order valence-corrected chi connectivity index (χ1v) is 10.3. The van der Waals surface area contributed by atoms with Crippen molar-refractivity contribution in [1.29, 1.82) is 0 Å². The first kappa shape index (κ1) is 20.5. The number of amides is 2. The Morgan fingerprint density at radius 3 is 2.16 bits per heavy atom. The van der Waals surface area contributed by atoms with E-state index in [4.69, 9.17) is 0 Å². The highest BCUT2D eigenvalue weighted by molar-refractivity contribution is 5.95. The van der Waals surface area contributed by atoms with Crippen molar-refractivity contribution >= 4 is 17.9 Å². The largest absolute Gasteiger partial charge is 0.349 e. The molecule has 0 bridgehead atoms. The summed E-state index contributed by atoms with van der Waals surface area (Å²) >= 11 is 0. The van der Waals surface area contributed by atoms with Crippen molar-refractivity contribution in [2.24, 2.45) is 0 Å². The van der Waals surface area contributed by atoms with Gasteiger partial charge in [0.2, 0.25) is 5.91 Å². The highest BCUT2D eigenvalue weighted by atomic mass is 19.1. The van der Waals surface area contributed by atoms with Crippen LogP contribution in [0.1, 0.15) is 45.9 Å². The molecule has 2 N–H and O–H groups in total. The summed E-state index contributed by atoms with van der Waals surface area (Å²) in [5.74, 6) is -0.662. The van der Waals surface area contributed by atoms with E-state index in [9.17, 15) is 14.0 Å². The second-order valence-corrected chi connectivity index (χ2v) is 7.61. The van der Waals surface area contributed by atoms with Crippen molar-refractivity contribution in [3.8, 4) is 0 Å². The zero-order valence-electron chi connectivity index (χ0n) is 16.9. The number of hydrogen-bond donors (Lipinski definition) is 2. The van der Waals surface area contributed by atoms with E-state index in [1.807, 2.05) is 30.3 Å². The minimum atomic E-state index is -0.396. The molecule has 0 heterocycles. The fourth-order valence-electron chi connectivity index (χ4n) is 3.26. The van der Waals surface area contributed by atoms with Crippen LogP contribution in [0.2, 0.25) is 0 Å².